The number of hydrogen-bond acceptors (Lipinski definition) is 3. The number of hydrogen-bond donors (Lipinski definition) is 1. The van der Waals surface area contributed by atoms with Crippen LogP contribution in [0.5, 0.6) is 0 Å². The van der Waals surface area contributed by atoms with Gasteiger partial charge in [0.1, 0.15) is 11.4 Å². The van der Waals surface area contributed by atoms with Crippen molar-refractivity contribution < 1.29 is 18.7 Å². The van der Waals surface area contributed by atoms with E-state index in [0.717, 1.165) is 15.6 Å². The molecule has 2 aromatic carbocycles. The maximum Gasteiger partial charge on any atom is 0.411 e. The Morgan fingerprint density at radius 3 is 2.59 bits per heavy atom. The fraction of sp³-hybridized carbons (Fsp3) is 0.364. The fourth-order valence-electron chi connectivity index (χ4n) is 3.76. The lowest BCUT2D eigenvalue weighted by atomic mass is 9.83. The van der Waals surface area contributed by atoms with E-state index in [0.29, 0.717) is 13.0 Å². The standard InChI is InChI=1S/C22H24BrFN2O3/c1-14-3-8-18(19(24)13-14)22(10-9-20(25)27)11-12-26(21(28)29-22)15(2)16-4-6-17(23)7-5-16/h3-8,13,15H,9-12H2,1-2H3,(H2,25,27)/t15-,22?/m0/s1. The van der Waals surface area contributed by atoms with Crippen LogP contribution in [0.25, 0.3) is 0 Å². The Morgan fingerprint density at radius 2 is 2.00 bits per heavy atom. The smallest absolute Gasteiger partial charge is 0.411 e. The average Bonchev–Trinajstić information content (AvgIpc) is 2.66. The highest BCUT2D eigenvalue weighted by molar-refractivity contribution is 9.10. The summed E-state index contributed by atoms with van der Waals surface area (Å²) >= 11 is 3.41. The SMILES string of the molecule is Cc1ccc(C2(CCC(N)=O)CCN([C@@H](C)c3ccc(Br)cc3)C(=O)O2)c(F)c1. The molecule has 29 heavy (non-hydrogen) atoms. The number of halogens is 2. The van der Waals surface area contributed by atoms with Crippen LogP contribution >= 0.6 is 15.9 Å². The van der Waals surface area contributed by atoms with Crippen molar-refractivity contribution in [2.45, 2.75) is 44.8 Å². The summed E-state index contributed by atoms with van der Waals surface area (Å²) in [5.74, 6) is -0.963. The molecule has 1 unspecified atom stereocenters. The Balaban J connectivity index is 1.88. The number of aryl methyl sites for hydroxylation is 1. The molecule has 0 aromatic heterocycles. The third-order valence-electron chi connectivity index (χ3n) is 5.48. The van der Waals surface area contributed by atoms with Crippen LogP contribution in [0.15, 0.2) is 46.9 Å². The van der Waals surface area contributed by atoms with Crippen LogP contribution in [0, 0.1) is 12.7 Å². The van der Waals surface area contributed by atoms with E-state index in [1.54, 1.807) is 24.0 Å². The minimum absolute atomic E-state index is 0.00284. The molecule has 0 saturated carbocycles. The second-order valence-electron chi connectivity index (χ2n) is 7.48. The molecule has 5 nitrogen and oxygen atoms in total. The molecule has 0 spiro atoms. The van der Waals surface area contributed by atoms with Gasteiger partial charge in [0.2, 0.25) is 5.91 Å². The second kappa shape index (κ2) is 8.53. The van der Waals surface area contributed by atoms with E-state index < -0.39 is 23.4 Å². The predicted octanol–water partition coefficient (Wildman–Crippen LogP) is 4.96. The summed E-state index contributed by atoms with van der Waals surface area (Å²) in [5, 5.41) is 0. The van der Waals surface area contributed by atoms with E-state index in [9.17, 15) is 14.0 Å². The summed E-state index contributed by atoms with van der Waals surface area (Å²) in [6.45, 7) is 4.09. The highest BCUT2D eigenvalue weighted by atomic mass is 79.9. The van der Waals surface area contributed by atoms with Gasteiger partial charge in [-0.1, -0.05) is 40.2 Å². The number of carbonyl (C=O) groups is 2. The molecule has 7 heteroatoms. The zero-order chi connectivity index (χ0) is 21.2. The Bertz CT molecular complexity index is 919. The van der Waals surface area contributed by atoms with Crippen LogP contribution in [0.4, 0.5) is 9.18 Å². The van der Waals surface area contributed by atoms with Crippen LogP contribution in [0.2, 0.25) is 0 Å². The van der Waals surface area contributed by atoms with E-state index in [1.807, 2.05) is 31.2 Å². The average molecular weight is 463 g/mol. The van der Waals surface area contributed by atoms with Gasteiger partial charge in [-0.3, -0.25) is 4.79 Å². The number of benzene rings is 2. The van der Waals surface area contributed by atoms with Crippen LogP contribution in [0.1, 0.15) is 48.9 Å². The lowest BCUT2D eigenvalue weighted by molar-refractivity contribution is -0.121. The molecule has 1 aliphatic rings. The number of nitrogens with two attached hydrogens (primary N) is 1. The molecule has 1 saturated heterocycles. The number of rotatable bonds is 6. The summed E-state index contributed by atoms with van der Waals surface area (Å²) in [6, 6.07) is 12.3. The molecule has 0 aliphatic carbocycles. The molecule has 2 atom stereocenters. The first-order valence-electron chi connectivity index (χ1n) is 9.52. The lowest BCUT2D eigenvalue weighted by Crippen LogP contribution is -2.49. The summed E-state index contributed by atoms with van der Waals surface area (Å²) < 4.78 is 21.6. The van der Waals surface area contributed by atoms with Crippen molar-refractivity contribution >= 4 is 27.9 Å². The zero-order valence-electron chi connectivity index (χ0n) is 16.5. The Morgan fingerprint density at radius 1 is 1.31 bits per heavy atom. The van der Waals surface area contributed by atoms with Gasteiger partial charge in [0.25, 0.3) is 0 Å². The first-order valence-corrected chi connectivity index (χ1v) is 10.3. The molecule has 3 rings (SSSR count). The third kappa shape index (κ3) is 4.61. The van der Waals surface area contributed by atoms with Gasteiger partial charge in [-0.15, -0.1) is 0 Å². The van der Waals surface area contributed by atoms with Gasteiger partial charge in [0.05, 0.1) is 6.04 Å². The maximum atomic E-state index is 14.8. The summed E-state index contributed by atoms with van der Waals surface area (Å²) in [4.78, 5) is 26.0. The molecule has 154 valence electrons. The van der Waals surface area contributed by atoms with Gasteiger partial charge < -0.3 is 15.4 Å². The molecule has 2 N–H and O–H groups in total. The number of carbonyl (C=O) groups excluding carboxylic acids is 2. The Labute approximate surface area is 178 Å². The van der Waals surface area contributed by atoms with Crippen LogP contribution in [-0.2, 0) is 15.1 Å². The van der Waals surface area contributed by atoms with Crippen molar-refractivity contribution in [2.24, 2.45) is 5.73 Å². The molecule has 2 amide bonds. The van der Waals surface area contributed by atoms with E-state index >= 15 is 0 Å². The molecule has 1 aliphatic heterocycles. The molecular formula is C22H24BrFN2O3. The van der Waals surface area contributed by atoms with Crippen molar-refractivity contribution in [3.05, 3.63) is 69.4 Å². The first kappa shape index (κ1) is 21.3. The van der Waals surface area contributed by atoms with Crippen molar-refractivity contribution in [3.8, 4) is 0 Å². The Hall–Kier alpha value is -2.41. The van der Waals surface area contributed by atoms with Gasteiger partial charge in [-0.25, -0.2) is 9.18 Å². The van der Waals surface area contributed by atoms with Crippen LogP contribution < -0.4 is 5.73 Å². The maximum absolute atomic E-state index is 14.8. The molecule has 0 bridgehead atoms. The van der Waals surface area contributed by atoms with Gasteiger partial charge in [-0.05, 0) is 43.2 Å². The molecule has 0 radical (unpaired) electrons. The van der Waals surface area contributed by atoms with Crippen molar-refractivity contribution in [1.82, 2.24) is 4.90 Å². The van der Waals surface area contributed by atoms with Gasteiger partial charge in [0, 0.05) is 35.8 Å². The fourth-order valence-corrected chi connectivity index (χ4v) is 4.02. The summed E-state index contributed by atoms with van der Waals surface area (Å²) in [6.07, 6.45) is -0.0132. The number of ether oxygens (including phenoxy) is 1. The van der Waals surface area contributed by atoms with Crippen LogP contribution in [-0.4, -0.2) is 23.4 Å². The van der Waals surface area contributed by atoms with Gasteiger partial charge in [0.15, 0.2) is 0 Å². The first-order chi connectivity index (χ1) is 13.7. The monoisotopic (exact) mass is 462 g/mol. The third-order valence-corrected chi connectivity index (χ3v) is 6.01. The molecule has 1 heterocycles. The van der Waals surface area contributed by atoms with Gasteiger partial charge >= 0.3 is 6.09 Å². The normalized spacial score (nSPS) is 20.3. The number of amides is 2. The van der Waals surface area contributed by atoms with E-state index in [4.69, 9.17) is 10.5 Å². The minimum Gasteiger partial charge on any atom is -0.438 e. The minimum atomic E-state index is -1.21. The number of cyclic esters (lactones) is 1. The molecule has 1 fully saturated rings. The van der Waals surface area contributed by atoms with Gasteiger partial charge in [-0.2, -0.15) is 0 Å². The molecular weight excluding hydrogens is 439 g/mol. The quantitative estimate of drug-likeness (QED) is 0.658. The Kier molecular flexibility index (Phi) is 6.27. The summed E-state index contributed by atoms with van der Waals surface area (Å²) in [7, 11) is 0. The van der Waals surface area contributed by atoms with E-state index in [-0.39, 0.29) is 24.4 Å². The number of nitrogens with zero attached hydrogens (tertiary/aromatic N) is 1. The highest BCUT2D eigenvalue weighted by Crippen LogP contribution is 2.41. The number of primary amides is 1. The van der Waals surface area contributed by atoms with Crippen LogP contribution in [0.3, 0.4) is 0 Å². The van der Waals surface area contributed by atoms with Crippen molar-refractivity contribution in [2.75, 3.05) is 6.54 Å². The second-order valence-corrected chi connectivity index (χ2v) is 8.40. The lowest BCUT2D eigenvalue weighted by Gasteiger charge is -2.43. The predicted molar refractivity (Wildman–Crippen MR) is 112 cm³/mol. The summed E-state index contributed by atoms with van der Waals surface area (Å²) in [5.41, 5.74) is 6.13. The largest absolute Gasteiger partial charge is 0.438 e. The topological polar surface area (TPSA) is 72.6 Å². The van der Waals surface area contributed by atoms with Crippen molar-refractivity contribution in [1.29, 1.82) is 0 Å². The highest BCUT2D eigenvalue weighted by Gasteiger charge is 2.45. The van der Waals surface area contributed by atoms with E-state index in [2.05, 4.69) is 15.9 Å². The zero-order valence-corrected chi connectivity index (χ0v) is 18.0. The molecule has 2 aromatic rings. The van der Waals surface area contributed by atoms with E-state index in [1.165, 1.54) is 6.07 Å². The van der Waals surface area contributed by atoms with Crippen molar-refractivity contribution in [3.63, 3.8) is 0 Å².